The number of nitrogens with zero attached hydrogens (tertiary/aromatic N) is 2. The molecular weight excluding hydrogens is 266 g/mol. The van der Waals surface area contributed by atoms with E-state index in [2.05, 4.69) is 5.32 Å². The second-order valence-electron chi connectivity index (χ2n) is 4.35. The topological polar surface area (TPSA) is 79.0 Å². The number of hydrogen-bond donors (Lipinski definition) is 1. The van der Waals surface area contributed by atoms with Gasteiger partial charge in [0.2, 0.25) is 0 Å². The highest BCUT2D eigenvalue weighted by molar-refractivity contribution is 5.72. The van der Waals surface area contributed by atoms with Crippen molar-refractivity contribution in [2.75, 3.05) is 12.4 Å². The zero-order valence-electron chi connectivity index (χ0n) is 11.4. The zero-order chi connectivity index (χ0) is 15.2. The Kier molecular flexibility index (Phi) is 4.32. The minimum Gasteiger partial charge on any atom is -0.388 e. The molecule has 2 aromatic rings. The molecule has 0 aliphatic carbocycles. The van der Waals surface area contributed by atoms with Crippen molar-refractivity contribution in [3.63, 3.8) is 0 Å². The second-order valence-corrected chi connectivity index (χ2v) is 4.35. The third-order valence-electron chi connectivity index (χ3n) is 3.01. The van der Waals surface area contributed by atoms with Gasteiger partial charge in [0, 0.05) is 18.8 Å². The molecule has 1 N–H and O–H groups in total. The van der Waals surface area contributed by atoms with E-state index in [9.17, 15) is 10.1 Å². The first kappa shape index (κ1) is 14.3. The fraction of sp³-hybridized carbons (Fsp3) is 0.0625. The van der Waals surface area contributed by atoms with Crippen LogP contribution in [-0.4, -0.2) is 12.0 Å². The molecule has 104 valence electrons. The van der Waals surface area contributed by atoms with Gasteiger partial charge in [0.15, 0.2) is 0 Å². The van der Waals surface area contributed by atoms with Gasteiger partial charge in [0.05, 0.1) is 4.92 Å². The number of nitro groups is 1. The number of rotatable bonds is 4. The summed E-state index contributed by atoms with van der Waals surface area (Å²) in [5, 5.41) is 22.7. The lowest BCUT2D eigenvalue weighted by molar-refractivity contribution is -0.385. The Morgan fingerprint density at radius 1 is 1.14 bits per heavy atom. The highest BCUT2D eigenvalue weighted by Crippen LogP contribution is 2.20. The van der Waals surface area contributed by atoms with Crippen molar-refractivity contribution >= 4 is 23.5 Å². The Hall–Kier alpha value is -3.13. The summed E-state index contributed by atoms with van der Waals surface area (Å²) < 4.78 is 0. The molecule has 0 unspecified atom stereocenters. The van der Waals surface area contributed by atoms with E-state index in [4.69, 9.17) is 5.26 Å². The van der Waals surface area contributed by atoms with Crippen LogP contribution in [0.1, 0.15) is 16.7 Å². The van der Waals surface area contributed by atoms with Gasteiger partial charge in [-0.3, -0.25) is 10.1 Å². The van der Waals surface area contributed by atoms with Gasteiger partial charge < -0.3 is 5.32 Å². The van der Waals surface area contributed by atoms with Crippen LogP contribution in [0.4, 0.5) is 11.4 Å². The van der Waals surface area contributed by atoms with Crippen LogP contribution in [0.15, 0.2) is 42.5 Å². The van der Waals surface area contributed by atoms with E-state index in [-0.39, 0.29) is 11.3 Å². The summed E-state index contributed by atoms with van der Waals surface area (Å²) in [5.74, 6) is 0. The van der Waals surface area contributed by atoms with E-state index in [1.54, 1.807) is 6.07 Å². The molecule has 0 saturated carbocycles. The van der Waals surface area contributed by atoms with Crippen LogP contribution in [0.3, 0.4) is 0 Å². The molecule has 0 fully saturated rings. The maximum absolute atomic E-state index is 10.8. The number of benzene rings is 2. The van der Waals surface area contributed by atoms with E-state index >= 15 is 0 Å². The van der Waals surface area contributed by atoms with Gasteiger partial charge >= 0.3 is 0 Å². The largest absolute Gasteiger partial charge is 0.388 e. The van der Waals surface area contributed by atoms with Gasteiger partial charge in [-0.15, -0.1) is 0 Å². The molecule has 0 amide bonds. The molecule has 21 heavy (non-hydrogen) atoms. The van der Waals surface area contributed by atoms with Crippen molar-refractivity contribution in [1.82, 2.24) is 0 Å². The predicted molar refractivity (Wildman–Crippen MR) is 82.7 cm³/mol. The van der Waals surface area contributed by atoms with Crippen LogP contribution >= 0.6 is 0 Å². The van der Waals surface area contributed by atoms with E-state index in [0.29, 0.717) is 0 Å². The molecule has 0 heterocycles. The fourth-order valence-corrected chi connectivity index (χ4v) is 1.86. The Labute approximate surface area is 122 Å². The Balaban J connectivity index is 2.24. The van der Waals surface area contributed by atoms with Crippen LogP contribution in [0.2, 0.25) is 0 Å². The molecule has 0 radical (unpaired) electrons. The predicted octanol–water partition coefficient (Wildman–Crippen LogP) is 3.68. The Morgan fingerprint density at radius 3 is 2.33 bits per heavy atom. The summed E-state index contributed by atoms with van der Waals surface area (Å²) in [7, 11) is 1.85. The summed E-state index contributed by atoms with van der Waals surface area (Å²) in [4.78, 5) is 10.2. The number of anilines is 1. The van der Waals surface area contributed by atoms with E-state index in [1.165, 1.54) is 12.1 Å². The SMILES string of the molecule is CNc1ccc(C=Cc2ccc([N+](=O)[O-])c(C#N)c2)cc1. The van der Waals surface area contributed by atoms with Gasteiger partial charge in [0.1, 0.15) is 11.6 Å². The summed E-state index contributed by atoms with van der Waals surface area (Å²) >= 11 is 0. The van der Waals surface area contributed by atoms with Gasteiger partial charge in [-0.1, -0.05) is 24.3 Å². The lowest BCUT2D eigenvalue weighted by Crippen LogP contribution is -1.92. The third-order valence-corrected chi connectivity index (χ3v) is 3.01. The smallest absolute Gasteiger partial charge is 0.287 e. The first-order valence-corrected chi connectivity index (χ1v) is 6.28. The number of nitriles is 1. The molecule has 0 spiro atoms. The molecule has 0 atom stereocenters. The monoisotopic (exact) mass is 279 g/mol. The van der Waals surface area contributed by atoms with Crippen molar-refractivity contribution < 1.29 is 4.92 Å². The fourth-order valence-electron chi connectivity index (χ4n) is 1.86. The minimum atomic E-state index is -0.553. The Bertz CT molecular complexity index is 728. The van der Waals surface area contributed by atoms with Crippen molar-refractivity contribution in [2.45, 2.75) is 0 Å². The molecule has 2 aromatic carbocycles. The standard InChI is InChI=1S/C16H13N3O2/c1-18-15-7-4-12(5-8-15)2-3-13-6-9-16(19(20)21)14(10-13)11-17/h2-10,18H,1H3. The molecule has 0 aliphatic rings. The normalized spacial score (nSPS) is 10.3. The molecule has 0 saturated heterocycles. The van der Waals surface area contributed by atoms with Gasteiger partial charge in [-0.05, 0) is 35.4 Å². The van der Waals surface area contributed by atoms with Gasteiger partial charge in [0.25, 0.3) is 5.69 Å². The molecule has 0 aromatic heterocycles. The second kappa shape index (κ2) is 6.35. The maximum Gasteiger partial charge on any atom is 0.287 e. The number of hydrogen-bond acceptors (Lipinski definition) is 4. The molecule has 0 aliphatic heterocycles. The van der Waals surface area contributed by atoms with Crippen molar-refractivity contribution in [1.29, 1.82) is 5.26 Å². The quantitative estimate of drug-likeness (QED) is 0.526. The van der Waals surface area contributed by atoms with Crippen molar-refractivity contribution in [3.8, 4) is 6.07 Å². The van der Waals surface area contributed by atoms with Crippen molar-refractivity contribution in [2.24, 2.45) is 0 Å². The maximum atomic E-state index is 10.8. The van der Waals surface area contributed by atoms with Crippen LogP contribution in [0.5, 0.6) is 0 Å². The van der Waals surface area contributed by atoms with Gasteiger partial charge in [-0.25, -0.2) is 0 Å². The Morgan fingerprint density at radius 2 is 1.76 bits per heavy atom. The van der Waals surface area contributed by atoms with Gasteiger partial charge in [-0.2, -0.15) is 5.26 Å². The van der Waals surface area contributed by atoms with Crippen LogP contribution in [0, 0.1) is 21.4 Å². The summed E-state index contributed by atoms with van der Waals surface area (Å²) in [5.41, 5.74) is 2.66. The van der Waals surface area contributed by atoms with Crippen LogP contribution in [0.25, 0.3) is 12.2 Å². The average Bonchev–Trinajstić information content (AvgIpc) is 2.52. The third kappa shape index (κ3) is 3.45. The number of nitrogens with one attached hydrogen (secondary N) is 1. The lowest BCUT2D eigenvalue weighted by Gasteiger charge is -2.00. The molecule has 0 bridgehead atoms. The summed E-state index contributed by atoms with van der Waals surface area (Å²) in [6.07, 6.45) is 3.71. The zero-order valence-corrected chi connectivity index (χ0v) is 11.4. The molecule has 2 rings (SSSR count). The van der Waals surface area contributed by atoms with Crippen LogP contribution in [-0.2, 0) is 0 Å². The average molecular weight is 279 g/mol. The van der Waals surface area contributed by atoms with E-state index < -0.39 is 4.92 Å². The molecular formula is C16H13N3O2. The van der Waals surface area contributed by atoms with Crippen molar-refractivity contribution in [3.05, 3.63) is 69.3 Å². The highest BCUT2D eigenvalue weighted by atomic mass is 16.6. The van der Waals surface area contributed by atoms with Crippen LogP contribution < -0.4 is 5.32 Å². The number of nitro benzene ring substituents is 1. The minimum absolute atomic E-state index is 0.0627. The summed E-state index contributed by atoms with van der Waals surface area (Å²) in [6.45, 7) is 0. The molecule has 5 nitrogen and oxygen atoms in total. The molecule has 5 heteroatoms. The van der Waals surface area contributed by atoms with E-state index in [1.807, 2.05) is 49.5 Å². The first-order valence-electron chi connectivity index (χ1n) is 6.28. The summed E-state index contributed by atoms with van der Waals surface area (Å²) in [6, 6.07) is 14.2. The first-order chi connectivity index (χ1) is 10.1. The highest BCUT2D eigenvalue weighted by Gasteiger charge is 2.12. The van der Waals surface area contributed by atoms with E-state index in [0.717, 1.165) is 16.8 Å². The lowest BCUT2D eigenvalue weighted by atomic mass is 10.1.